The lowest BCUT2D eigenvalue weighted by molar-refractivity contribution is 0.102. The summed E-state index contributed by atoms with van der Waals surface area (Å²) in [5, 5.41) is 11.6. The number of carbonyl (C=O) groups is 1. The molecule has 0 aliphatic carbocycles. The van der Waals surface area contributed by atoms with Gasteiger partial charge in [0.2, 0.25) is 5.13 Å². The molecule has 7 nitrogen and oxygen atoms in total. The lowest BCUT2D eigenvalue weighted by Crippen LogP contribution is -2.16. The summed E-state index contributed by atoms with van der Waals surface area (Å²) in [7, 11) is -4.09. The average molecular weight is 455 g/mol. The van der Waals surface area contributed by atoms with Crippen LogP contribution in [0.2, 0.25) is 0 Å². The van der Waals surface area contributed by atoms with E-state index in [1.54, 1.807) is 0 Å². The maximum atomic E-state index is 13.8. The summed E-state index contributed by atoms with van der Waals surface area (Å²) in [6, 6.07) is 20.2. The molecule has 0 atom stereocenters. The van der Waals surface area contributed by atoms with Gasteiger partial charge in [0.1, 0.15) is 10.8 Å². The minimum atomic E-state index is -4.09. The van der Waals surface area contributed by atoms with E-state index in [1.807, 2.05) is 30.3 Å². The van der Waals surface area contributed by atoms with Gasteiger partial charge in [0.15, 0.2) is 0 Å². The zero-order valence-electron chi connectivity index (χ0n) is 15.8. The fourth-order valence-electron chi connectivity index (χ4n) is 2.69. The van der Waals surface area contributed by atoms with Crippen molar-refractivity contribution in [2.45, 2.75) is 4.90 Å². The lowest BCUT2D eigenvalue weighted by Gasteiger charge is -2.10. The second-order valence-electron chi connectivity index (χ2n) is 6.35. The van der Waals surface area contributed by atoms with Gasteiger partial charge in [0, 0.05) is 11.1 Å². The van der Waals surface area contributed by atoms with E-state index in [1.165, 1.54) is 53.8 Å². The van der Waals surface area contributed by atoms with E-state index in [2.05, 4.69) is 20.2 Å². The molecule has 10 heteroatoms. The predicted molar refractivity (Wildman–Crippen MR) is 117 cm³/mol. The molecule has 0 radical (unpaired) electrons. The maximum absolute atomic E-state index is 13.8. The van der Waals surface area contributed by atoms with Crippen LogP contribution in [0, 0.1) is 5.82 Å². The van der Waals surface area contributed by atoms with E-state index in [4.69, 9.17) is 0 Å². The molecule has 4 aromatic rings. The number of hydrogen-bond acceptors (Lipinski definition) is 6. The minimum absolute atomic E-state index is 0.105. The Bertz CT molecular complexity index is 1340. The van der Waals surface area contributed by atoms with Gasteiger partial charge in [-0.05, 0) is 30.3 Å². The van der Waals surface area contributed by atoms with E-state index < -0.39 is 21.7 Å². The molecular weight excluding hydrogens is 439 g/mol. The van der Waals surface area contributed by atoms with Gasteiger partial charge in [-0.25, -0.2) is 12.8 Å². The van der Waals surface area contributed by atoms with Crippen LogP contribution in [-0.4, -0.2) is 24.5 Å². The summed E-state index contributed by atoms with van der Waals surface area (Å²) in [5.74, 6) is -1.25. The van der Waals surface area contributed by atoms with Crippen molar-refractivity contribution in [1.82, 2.24) is 10.2 Å². The van der Waals surface area contributed by atoms with Crippen LogP contribution in [-0.2, 0) is 10.0 Å². The largest absolute Gasteiger partial charge is 0.296 e. The third-order valence-electron chi connectivity index (χ3n) is 4.19. The zero-order valence-corrected chi connectivity index (χ0v) is 17.5. The molecule has 2 N–H and O–H groups in total. The van der Waals surface area contributed by atoms with Crippen LogP contribution in [0.15, 0.2) is 83.8 Å². The van der Waals surface area contributed by atoms with Crippen molar-refractivity contribution in [2.75, 3.05) is 10.0 Å². The highest BCUT2D eigenvalue weighted by Gasteiger charge is 2.19. The molecule has 0 saturated carbocycles. The summed E-state index contributed by atoms with van der Waals surface area (Å²) < 4.78 is 41.2. The van der Waals surface area contributed by atoms with Crippen LogP contribution in [0.4, 0.5) is 15.2 Å². The quantitative estimate of drug-likeness (QED) is 0.450. The number of nitrogens with one attached hydrogen (secondary N) is 2. The molecule has 0 bridgehead atoms. The Balaban J connectivity index is 1.52. The molecule has 0 fully saturated rings. The Morgan fingerprint density at radius 1 is 0.903 bits per heavy atom. The number of hydrogen-bond donors (Lipinski definition) is 2. The Hall–Kier alpha value is -3.63. The van der Waals surface area contributed by atoms with Gasteiger partial charge in [0.05, 0.1) is 10.6 Å². The molecule has 4 rings (SSSR count). The number of aromatic nitrogens is 2. The van der Waals surface area contributed by atoms with Gasteiger partial charge in [0.25, 0.3) is 15.9 Å². The molecule has 0 unspecified atom stereocenters. The average Bonchev–Trinajstić information content (AvgIpc) is 3.24. The maximum Gasteiger partial charge on any atom is 0.262 e. The summed E-state index contributed by atoms with van der Waals surface area (Å²) >= 11 is 1.20. The van der Waals surface area contributed by atoms with Crippen molar-refractivity contribution in [1.29, 1.82) is 0 Å². The molecule has 1 heterocycles. The second kappa shape index (κ2) is 8.62. The molecule has 0 aliphatic rings. The summed E-state index contributed by atoms with van der Waals surface area (Å²) in [4.78, 5) is 12.4. The fraction of sp³-hybridized carbons (Fsp3) is 0. The first-order valence-corrected chi connectivity index (χ1v) is 11.3. The van der Waals surface area contributed by atoms with Gasteiger partial charge in [-0.15, -0.1) is 10.2 Å². The first kappa shape index (κ1) is 20.6. The van der Waals surface area contributed by atoms with Crippen molar-refractivity contribution in [2.24, 2.45) is 0 Å². The van der Waals surface area contributed by atoms with Crippen molar-refractivity contribution in [3.63, 3.8) is 0 Å². The standard InChI is InChI=1S/C21H15FN4O3S2/c22-17-11-4-5-12-18(17)26-31(28,29)16-10-6-9-15(13-16)19(27)23-21-25-24-20(30-21)14-7-2-1-3-8-14/h1-13,26H,(H,23,25,27). The molecule has 0 saturated heterocycles. The third kappa shape index (κ3) is 4.76. The van der Waals surface area contributed by atoms with Crippen LogP contribution in [0.25, 0.3) is 10.6 Å². The molecule has 0 aliphatic heterocycles. The van der Waals surface area contributed by atoms with Crippen LogP contribution >= 0.6 is 11.3 Å². The topological polar surface area (TPSA) is 101 Å². The number of benzene rings is 3. The van der Waals surface area contributed by atoms with Crippen molar-refractivity contribution in [3.8, 4) is 10.6 Å². The Morgan fingerprint density at radius 3 is 2.42 bits per heavy atom. The smallest absolute Gasteiger partial charge is 0.262 e. The molecule has 1 aromatic heterocycles. The second-order valence-corrected chi connectivity index (χ2v) is 9.01. The van der Waals surface area contributed by atoms with E-state index in [9.17, 15) is 17.6 Å². The van der Waals surface area contributed by atoms with Crippen LogP contribution in [0.5, 0.6) is 0 Å². The van der Waals surface area contributed by atoms with Crippen molar-refractivity contribution >= 4 is 38.1 Å². The highest BCUT2D eigenvalue weighted by Crippen LogP contribution is 2.26. The van der Waals surface area contributed by atoms with Crippen LogP contribution < -0.4 is 10.0 Å². The monoisotopic (exact) mass is 454 g/mol. The minimum Gasteiger partial charge on any atom is -0.296 e. The number of anilines is 2. The molecule has 31 heavy (non-hydrogen) atoms. The third-order valence-corrected chi connectivity index (χ3v) is 6.44. The highest BCUT2D eigenvalue weighted by molar-refractivity contribution is 7.92. The van der Waals surface area contributed by atoms with Gasteiger partial charge >= 0.3 is 0 Å². The first-order valence-electron chi connectivity index (χ1n) is 9.00. The molecule has 156 valence electrons. The van der Waals surface area contributed by atoms with Crippen molar-refractivity contribution < 1.29 is 17.6 Å². The van der Waals surface area contributed by atoms with E-state index in [-0.39, 0.29) is 21.3 Å². The number of carbonyl (C=O) groups excluding carboxylic acids is 1. The number of amides is 1. The number of para-hydroxylation sites is 1. The summed E-state index contributed by atoms with van der Waals surface area (Å²) in [6.07, 6.45) is 0. The van der Waals surface area contributed by atoms with Gasteiger partial charge in [-0.2, -0.15) is 0 Å². The normalized spacial score (nSPS) is 11.1. The molecular formula is C21H15FN4O3S2. The first-order chi connectivity index (χ1) is 14.9. The number of halogens is 1. The lowest BCUT2D eigenvalue weighted by atomic mass is 10.2. The van der Waals surface area contributed by atoms with Crippen LogP contribution in [0.1, 0.15) is 10.4 Å². The Kier molecular flexibility index (Phi) is 5.74. The van der Waals surface area contributed by atoms with Gasteiger partial charge in [-0.3, -0.25) is 14.8 Å². The van der Waals surface area contributed by atoms with E-state index in [0.717, 1.165) is 11.6 Å². The molecule has 1 amide bonds. The Morgan fingerprint density at radius 2 is 1.65 bits per heavy atom. The van der Waals surface area contributed by atoms with Gasteiger partial charge < -0.3 is 0 Å². The number of sulfonamides is 1. The molecule has 3 aromatic carbocycles. The number of rotatable bonds is 6. The molecule has 0 spiro atoms. The van der Waals surface area contributed by atoms with E-state index >= 15 is 0 Å². The Labute approximate surface area is 181 Å². The van der Waals surface area contributed by atoms with Crippen molar-refractivity contribution in [3.05, 3.63) is 90.2 Å². The van der Waals surface area contributed by atoms with E-state index in [0.29, 0.717) is 5.01 Å². The number of nitrogens with zero attached hydrogens (tertiary/aromatic N) is 2. The summed E-state index contributed by atoms with van der Waals surface area (Å²) in [5.41, 5.74) is 0.792. The summed E-state index contributed by atoms with van der Waals surface area (Å²) in [6.45, 7) is 0. The van der Waals surface area contributed by atoms with Crippen LogP contribution in [0.3, 0.4) is 0 Å². The van der Waals surface area contributed by atoms with Gasteiger partial charge in [-0.1, -0.05) is 59.9 Å². The predicted octanol–water partition coefficient (Wildman–Crippen LogP) is 4.40. The SMILES string of the molecule is O=C(Nc1nnc(-c2ccccc2)s1)c1cccc(S(=O)(=O)Nc2ccccc2F)c1. The fourth-order valence-corrected chi connectivity index (χ4v) is 4.55. The highest BCUT2D eigenvalue weighted by atomic mass is 32.2. The zero-order chi connectivity index (χ0) is 21.8.